The second kappa shape index (κ2) is 5.66. The SMILES string of the molecule is O=S(=O)(C[C@H](O)CO)c1ccc(Cl)c(C(F)(F)F)c1. The summed E-state index contributed by atoms with van der Waals surface area (Å²) in [6, 6.07) is 2.14. The van der Waals surface area contributed by atoms with Gasteiger partial charge in [-0.1, -0.05) is 11.6 Å². The number of sulfone groups is 1. The number of rotatable bonds is 4. The minimum absolute atomic E-state index is 0.405. The van der Waals surface area contributed by atoms with Gasteiger partial charge in [0.2, 0.25) is 0 Å². The third-order valence-corrected chi connectivity index (χ3v) is 4.35. The van der Waals surface area contributed by atoms with Crippen molar-refractivity contribution >= 4 is 21.4 Å². The topological polar surface area (TPSA) is 74.6 Å². The van der Waals surface area contributed by atoms with Crippen molar-refractivity contribution in [2.24, 2.45) is 0 Å². The van der Waals surface area contributed by atoms with Crippen molar-refractivity contribution in [3.63, 3.8) is 0 Å². The highest BCUT2D eigenvalue weighted by Gasteiger charge is 2.34. The van der Waals surface area contributed by atoms with Crippen LogP contribution < -0.4 is 0 Å². The Morgan fingerprint density at radius 1 is 1.32 bits per heavy atom. The zero-order valence-corrected chi connectivity index (χ0v) is 10.9. The molecular formula is C10H10ClF3O4S. The predicted molar refractivity (Wildman–Crippen MR) is 61.6 cm³/mol. The third-order valence-electron chi connectivity index (χ3n) is 2.22. The van der Waals surface area contributed by atoms with Gasteiger partial charge in [0.25, 0.3) is 0 Å². The molecule has 108 valence electrons. The Morgan fingerprint density at radius 3 is 2.37 bits per heavy atom. The van der Waals surface area contributed by atoms with Gasteiger partial charge in [0.1, 0.15) is 0 Å². The van der Waals surface area contributed by atoms with E-state index in [1.54, 1.807) is 0 Å². The van der Waals surface area contributed by atoms with E-state index in [0.29, 0.717) is 6.07 Å². The number of halogens is 4. The molecular weight excluding hydrogens is 309 g/mol. The van der Waals surface area contributed by atoms with Crippen LogP contribution >= 0.6 is 11.6 Å². The molecule has 1 atom stereocenters. The van der Waals surface area contributed by atoms with E-state index in [2.05, 4.69) is 0 Å². The molecule has 0 aromatic heterocycles. The lowest BCUT2D eigenvalue weighted by Crippen LogP contribution is -2.24. The Hall–Kier alpha value is -0.830. The summed E-state index contributed by atoms with van der Waals surface area (Å²) in [6.45, 7) is -0.807. The smallest absolute Gasteiger partial charge is 0.394 e. The fraction of sp³-hybridized carbons (Fsp3) is 0.400. The van der Waals surface area contributed by atoms with Gasteiger partial charge in [0, 0.05) is 0 Å². The highest BCUT2D eigenvalue weighted by atomic mass is 35.5. The van der Waals surface area contributed by atoms with Gasteiger partial charge in [-0.05, 0) is 18.2 Å². The second-order valence-corrected chi connectivity index (χ2v) is 6.20. The van der Waals surface area contributed by atoms with Crippen LogP contribution in [0.5, 0.6) is 0 Å². The van der Waals surface area contributed by atoms with Crippen LogP contribution in [0.4, 0.5) is 13.2 Å². The highest BCUT2D eigenvalue weighted by Crippen LogP contribution is 2.36. The van der Waals surface area contributed by atoms with Gasteiger partial charge in [0.05, 0.1) is 33.9 Å². The largest absolute Gasteiger partial charge is 0.417 e. The molecule has 2 N–H and O–H groups in total. The molecule has 0 fully saturated rings. The summed E-state index contributed by atoms with van der Waals surface area (Å²) >= 11 is 5.36. The van der Waals surface area contributed by atoms with E-state index in [0.717, 1.165) is 12.1 Å². The van der Waals surface area contributed by atoms with E-state index < -0.39 is 50.0 Å². The lowest BCUT2D eigenvalue weighted by atomic mass is 10.2. The number of alkyl halides is 3. The average Bonchev–Trinajstić information content (AvgIpc) is 2.26. The van der Waals surface area contributed by atoms with E-state index in [9.17, 15) is 21.6 Å². The Morgan fingerprint density at radius 2 is 1.89 bits per heavy atom. The maximum atomic E-state index is 12.6. The summed E-state index contributed by atoms with van der Waals surface area (Å²) in [5.41, 5.74) is -1.27. The first-order valence-electron chi connectivity index (χ1n) is 4.96. The van der Waals surface area contributed by atoms with Gasteiger partial charge in [0.15, 0.2) is 9.84 Å². The molecule has 0 radical (unpaired) electrons. The molecule has 9 heteroatoms. The summed E-state index contributed by atoms with van der Waals surface area (Å²) in [5, 5.41) is 17.0. The Balaban J connectivity index is 3.23. The molecule has 0 aliphatic heterocycles. The molecule has 1 rings (SSSR count). The van der Waals surface area contributed by atoms with Crippen molar-refractivity contribution in [3.8, 4) is 0 Å². The van der Waals surface area contributed by atoms with Crippen LogP contribution in [-0.4, -0.2) is 37.1 Å². The van der Waals surface area contributed by atoms with Gasteiger partial charge in [-0.3, -0.25) is 0 Å². The molecule has 0 saturated carbocycles. The van der Waals surface area contributed by atoms with Crippen LogP contribution in [0.1, 0.15) is 5.56 Å². The Labute approximate surface area is 112 Å². The molecule has 1 aromatic rings. The van der Waals surface area contributed by atoms with Crippen LogP contribution in [0, 0.1) is 0 Å². The number of hydrogen-bond acceptors (Lipinski definition) is 4. The summed E-state index contributed by atoms with van der Waals surface area (Å²) < 4.78 is 61.2. The van der Waals surface area contributed by atoms with Crippen molar-refractivity contribution in [2.45, 2.75) is 17.2 Å². The van der Waals surface area contributed by atoms with Crippen LogP contribution in [0.25, 0.3) is 0 Å². The molecule has 0 unspecified atom stereocenters. The Bertz CT molecular complexity index is 556. The molecule has 0 aliphatic rings. The van der Waals surface area contributed by atoms with Gasteiger partial charge in [-0.25, -0.2) is 8.42 Å². The number of hydrogen-bond donors (Lipinski definition) is 2. The lowest BCUT2D eigenvalue weighted by Gasteiger charge is -2.12. The van der Waals surface area contributed by atoms with E-state index in [1.165, 1.54) is 0 Å². The lowest BCUT2D eigenvalue weighted by molar-refractivity contribution is -0.137. The average molecular weight is 319 g/mol. The minimum atomic E-state index is -4.78. The first kappa shape index (κ1) is 16.2. The fourth-order valence-corrected chi connectivity index (χ4v) is 2.92. The highest BCUT2D eigenvalue weighted by molar-refractivity contribution is 7.91. The summed E-state index contributed by atoms with van der Waals surface area (Å²) in [7, 11) is -4.14. The minimum Gasteiger partial charge on any atom is -0.394 e. The van der Waals surface area contributed by atoms with Gasteiger partial charge >= 0.3 is 6.18 Å². The monoisotopic (exact) mass is 318 g/mol. The molecule has 1 aromatic carbocycles. The molecule has 0 aliphatic carbocycles. The van der Waals surface area contributed by atoms with Crippen LogP contribution in [0.3, 0.4) is 0 Å². The van der Waals surface area contributed by atoms with Crippen molar-refractivity contribution < 1.29 is 31.8 Å². The standard InChI is InChI=1S/C10H10ClF3O4S/c11-9-2-1-7(3-8(9)10(12,13)14)19(17,18)5-6(16)4-15/h1-3,6,15-16H,4-5H2/t6-/m1/s1. The summed E-state index contributed by atoms with van der Waals surface area (Å²) in [5.74, 6) is -0.873. The van der Waals surface area contributed by atoms with Crippen molar-refractivity contribution in [2.75, 3.05) is 12.4 Å². The molecule has 0 amide bonds. The maximum absolute atomic E-state index is 12.6. The van der Waals surface area contributed by atoms with Gasteiger partial charge < -0.3 is 10.2 Å². The molecule has 19 heavy (non-hydrogen) atoms. The molecule has 0 saturated heterocycles. The fourth-order valence-electron chi connectivity index (χ4n) is 1.32. The number of benzene rings is 1. The first-order chi connectivity index (χ1) is 8.58. The van der Waals surface area contributed by atoms with Crippen LogP contribution in [0.2, 0.25) is 5.02 Å². The second-order valence-electron chi connectivity index (χ2n) is 3.76. The molecule has 0 bridgehead atoms. The molecule has 0 heterocycles. The summed E-state index contributed by atoms with van der Waals surface area (Å²) in [6.07, 6.45) is -6.34. The van der Waals surface area contributed by atoms with Gasteiger partial charge in [-0.2, -0.15) is 13.2 Å². The van der Waals surface area contributed by atoms with Crippen molar-refractivity contribution in [1.82, 2.24) is 0 Å². The van der Waals surface area contributed by atoms with E-state index >= 15 is 0 Å². The number of aliphatic hydroxyl groups is 2. The Kier molecular flexibility index (Phi) is 4.83. The number of aliphatic hydroxyl groups excluding tert-OH is 2. The summed E-state index contributed by atoms with van der Waals surface area (Å²) in [4.78, 5) is -0.614. The zero-order chi connectivity index (χ0) is 14.8. The normalized spacial score (nSPS) is 14.4. The van der Waals surface area contributed by atoms with E-state index in [4.69, 9.17) is 21.8 Å². The first-order valence-corrected chi connectivity index (χ1v) is 6.99. The zero-order valence-electron chi connectivity index (χ0n) is 9.35. The maximum Gasteiger partial charge on any atom is 0.417 e. The quantitative estimate of drug-likeness (QED) is 0.882. The molecule has 4 nitrogen and oxygen atoms in total. The third kappa shape index (κ3) is 4.07. The van der Waals surface area contributed by atoms with Crippen molar-refractivity contribution in [3.05, 3.63) is 28.8 Å². The van der Waals surface area contributed by atoms with E-state index in [-0.39, 0.29) is 0 Å². The van der Waals surface area contributed by atoms with Crippen molar-refractivity contribution in [1.29, 1.82) is 0 Å². The molecule has 0 spiro atoms. The van der Waals surface area contributed by atoms with Crippen LogP contribution in [0.15, 0.2) is 23.1 Å². The van der Waals surface area contributed by atoms with E-state index in [1.807, 2.05) is 0 Å². The predicted octanol–water partition coefficient (Wildman–Crippen LogP) is 1.49. The van der Waals surface area contributed by atoms with Gasteiger partial charge in [-0.15, -0.1) is 0 Å². The van der Waals surface area contributed by atoms with Crippen LogP contribution in [-0.2, 0) is 16.0 Å².